The Morgan fingerprint density at radius 1 is 1.42 bits per heavy atom. The topological polar surface area (TPSA) is 49.6 Å². The number of hydrogen-bond donors (Lipinski definition) is 0. The first kappa shape index (κ1) is 12.6. The van der Waals surface area contributed by atoms with E-state index in [-0.39, 0.29) is 0 Å². The molecule has 0 aliphatic carbocycles. The molecule has 1 saturated heterocycles. The van der Waals surface area contributed by atoms with Crippen molar-refractivity contribution in [3.8, 4) is 0 Å². The average Bonchev–Trinajstić information content (AvgIpc) is 2.85. The van der Waals surface area contributed by atoms with E-state index in [4.69, 9.17) is 11.6 Å². The van der Waals surface area contributed by atoms with Crippen LogP contribution in [-0.4, -0.2) is 56.7 Å². The van der Waals surface area contributed by atoms with Crippen LogP contribution in [0.5, 0.6) is 0 Å². The van der Waals surface area contributed by atoms with Crippen LogP contribution in [0.4, 0.5) is 5.82 Å². The monoisotopic (exact) mass is 280 g/mol. The van der Waals surface area contributed by atoms with E-state index < -0.39 is 0 Å². The van der Waals surface area contributed by atoms with Gasteiger partial charge in [-0.05, 0) is 13.5 Å². The molecule has 3 heterocycles. The second kappa shape index (κ2) is 4.94. The van der Waals surface area contributed by atoms with Crippen molar-refractivity contribution in [2.24, 2.45) is 0 Å². The van der Waals surface area contributed by atoms with Crippen molar-refractivity contribution < 1.29 is 0 Å². The average molecular weight is 281 g/mol. The van der Waals surface area contributed by atoms with E-state index in [1.165, 1.54) is 6.33 Å². The van der Waals surface area contributed by atoms with E-state index in [1.807, 2.05) is 6.07 Å². The minimum atomic E-state index is 0.459. The maximum absolute atomic E-state index is 6.06. The summed E-state index contributed by atoms with van der Waals surface area (Å²) in [5.74, 6) is 1.52. The van der Waals surface area contributed by atoms with Crippen LogP contribution >= 0.6 is 11.6 Å². The molecule has 0 amide bonds. The molecule has 0 N–H and O–H groups in total. The van der Waals surface area contributed by atoms with Crippen LogP contribution in [0.1, 0.15) is 13.8 Å². The summed E-state index contributed by atoms with van der Waals surface area (Å²) in [6.07, 6.45) is 1.51. The van der Waals surface area contributed by atoms with E-state index in [1.54, 1.807) is 4.52 Å². The predicted octanol–water partition coefficient (Wildman–Crippen LogP) is 1.31. The largest absolute Gasteiger partial charge is 0.354 e. The van der Waals surface area contributed by atoms with Gasteiger partial charge in [0.15, 0.2) is 0 Å². The highest BCUT2D eigenvalue weighted by Crippen LogP contribution is 2.21. The van der Waals surface area contributed by atoms with Gasteiger partial charge in [0.25, 0.3) is 5.78 Å². The van der Waals surface area contributed by atoms with Gasteiger partial charge >= 0.3 is 0 Å². The zero-order valence-electron chi connectivity index (χ0n) is 11.1. The molecule has 0 aromatic carbocycles. The van der Waals surface area contributed by atoms with E-state index in [9.17, 15) is 0 Å². The highest BCUT2D eigenvalue weighted by molar-refractivity contribution is 6.29. The molecule has 3 rings (SSSR count). The van der Waals surface area contributed by atoms with Crippen molar-refractivity contribution in [2.45, 2.75) is 19.9 Å². The Labute approximate surface area is 117 Å². The van der Waals surface area contributed by atoms with Gasteiger partial charge in [0, 0.05) is 31.7 Å². The zero-order chi connectivity index (χ0) is 13.4. The lowest BCUT2D eigenvalue weighted by atomic mass is 10.2. The Kier molecular flexibility index (Phi) is 3.28. The van der Waals surface area contributed by atoms with E-state index in [0.29, 0.717) is 17.0 Å². The second-order valence-electron chi connectivity index (χ2n) is 4.83. The molecular weight excluding hydrogens is 264 g/mol. The molecule has 1 aliphatic rings. The first-order chi connectivity index (χ1) is 9.19. The third-order valence-electron chi connectivity index (χ3n) is 3.70. The first-order valence-corrected chi connectivity index (χ1v) is 6.92. The van der Waals surface area contributed by atoms with Crippen molar-refractivity contribution in [1.29, 1.82) is 0 Å². The molecule has 1 fully saturated rings. The van der Waals surface area contributed by atoms with Gasteiger partial charge in [-0.1, -0.05) is 18.5 Å². The highest BCUT2D eigenvalue weighted by atomic mass is 35.5. The predicted molar refractivity (Wildman–Crippen MR) is 74.7 cm³/mol. The van der Waals surface area contributed by atoms with E-state index in [2.05, 4.69) is 38.7 Å². The summed E-state index contributed by atoms with van der Waals surface area (Å²) < 4.78 is 1.75. The van der Waals surface area contributed by atoms with Crippen LogP contribution in [0, 0.1) is 0 Å². The third kappa shape index (κ3) is 2.26. The van der Waals surface area contributed by atoms with Gasteiger partial charge in [0.1, 0.15) is 17.3 Å². The van der Waals surface area contributed by atoms with E-state index in [0.717, 1.165) is 32.0 Å². The van der Waals surface area contributed by atoms with Crippen molar-refractivity contribution in [1.82, 2.24) is 24.5 Å². The lowest BCUT2D eigenvalue weighted by Gasteiger charge is -2.40. The number of aromatic nitrogens is 4. The van der Waals surface area contributed by atoms with Gasteiger partial charge in [0.2, 0.25) is 0 Å². The standard InChI is InChI=1S/C12H17ClN6/c1-3-17-4-5-18(7-9(17)2)11-6-10(13)16-12-14-8-15-19(11)12/h6,8-9H,3-5,7H2,1-2H3. The smallest absolute Gasteiger partial charge is 0.255 e. The Morgan fingerprint density at radius 2 is 2.26 bits per heavy atom. The highest BCUT2D eigenvalue weighted by Gasteiger charge is 2.24. The van der Waals surface area contributed by atoms with Gasteiger partial charge in [-0.2, -0.15) is 19.6 Å². The van der Waals surface area contributed by atoms with Crippen molar-refractivity contribution >= 4 is 23.2 Å². The maximum Gasteiger partial charge on any atom is 0.255 e. The second-order valence-corrected chi connectivity index (χ2v) is 5.22. The van der Waals surface area contributed by atoms with Crippen molar-refractivity contribution in [3.63, 3.8) is 0 Å². The molecule has 0 saturated carbocycles. The third-order valence-corrected chi connectivity index (χ3v) is 3.89. The maximum atomic E-state index is 6.06. The molecule has 7 heteroatoms. The van der Waals surface area contributed by atoms with Crippen LogP contribution in [0.25, 0.3) is 5.78 Å². The fourth-order valence-corrected chi connectivity index (χ4v) is 2.84. The number of halogens is 1. The minimum Gasteiger partial charge on any atom is -0.354 e. The molecule has 1 aliphatic heterocycles. The van der Waals surface area contributed by atoms with Crippen molar-refractivity contribution in [3.05, 3.63) is 17.5 Å². The fraction of sp³-hybridized carbons (Fsp3) is 0.583. The molecule has 0 spiro atoms. The lowest BCUT2D eigenvalue weighted by Crippen LogP contribution is -2.52. The summed E-state index contributed by atoms with van der Waals surface area (Å²) in [6, 6.07) is 2.38. The van der Waals surface area contributed by atoms with Gasteiger partial charge in [0.05, 0.1) is 0 Å². The number of nitrogens with zero attached hydrogens (tertiary/aromatic N) is 6. The Morgan fingerprint density at radius 3 is 3.00 bits per heavy atom. The van der Waals surface area contributed by atoms with Crippen LogP contribution < -0.4 is 4.90 Å². The number of piperazine rings is 1. The molecule has 1 unspecified atom stereocenters. The van der Waals surface area contributed by atoms with Crippen LogP contribution in [0.2, 0.25) is 5.15 Å². The molecule has 6 nitrogen and oxygen atoms in total. The number of fused-ring (bicyclic) bond motifs is 1. The summed E-state index contributed by atoms with van der Waals surface area (Å²) in [4.78, 5) is 13.0. The molecular formula is C12H17ClN6. The first-order valence-electron chi connectivity index (χ1n) is 6.54. The summed E-state index contributed by atoms with van der Waals surface area (Å²) in [6.45, 7) is 8.51. The molecule has 2 aromatic heterocycles. The molecule has 2 aromatic rings. The summed E-state index contributed by atoms with van der Waals surface area (Å²) in [7, 11) is 0. The normalized spacial score (nSPS) is 21.2. The minimum absolute atomic E-state index is 0.459. The number of rotatable bonds is 2. The molecule has 102 valence electrons. The van der Waals surface area contributed by atoms with Crippen molar-refractivity contribution in [2.75, 3.05) is 31.1 Å². The zero-order valence-corrected chi connectivity index (χ0v) is 11.9. The van der Waals surface area contributed by atoms with E-state index >= 15 is 0 Å². The van der Waals surface area contributed by atoms with Crippen LogP contribution in [0.3, 0.4) is 0 Å². The Balaban J connectivity index is 1.94. The molecule has 0 bridgehead atoms. The van der Waals surface area contributed by atoms with Crippen LogP contribution in [0.15, 0.2) is 12.4 Å². The summed E-state index contributed by atoms with van der Waals surface area (Å²) in [5, 5.41) is 4.69. The SMILES string of the molecule is CCN1CCN(c2cc(Cl)nc3ncnn23)CC1C. The van der Waals surface area contributed by atoms with Crippen LogP contribution in [-0.2, 0) is 0 Å². The van der Waals surface area contributed by atoms with Gasteiger partial charge in [-0.25, -0.2) is 0 Å². The Hall–Kier alpha value is -1.40. The molecule has 19 heavy (non-hydrogen) atoms. The Bertz CT molecular complexity index is 583. The number of anilines is 1. The summed E-state index contributed by atoms with van der Waals surface area (Å²) in [5.41, 5.74) is 0. The quantitative estimate of drug-likeness (QED) is 0.777. The van der Waals surface area contributed by atoms with Gasteiger partial charge in [-0.15, -0.1) is 0 Å². The van der Waals surface area contributed by atoms with Gasteiger partial charge < -0.3 is 4.90 Å². The lowest BCUT2D eigenvalue weighted by molar-refractivity contribution is 0.199. The molecule has 0 radical (unpaired) electrons. The number of likely N-dealkylation sites (N-methyl/N-ethyl adjacent to an activating group) is 1. The van der Waals surface area contributed by atoms with Gasteiger partial charge in [-0.3, -0.25) is 4.90 Å². The number of hydrogen-bond acceptors (Lipinski definition) is 5. The summed E-state index contributed by atoms with van der Waals surface area (Å²) >= 11 is 6.06. The molecule has 1 atom stereocenters. The fourth-order valence-electron chi connectivity index (χ4n) is 2.67.